The van der Waals surface area contributed by atoms with Gasteiger partial charge in [0.2, 0.25) is 10.0 Å². The van der Waals surface area contributed by atoms with Gasteiger partial charge >= 0.3 is 6.03 Å². The quantitative estimate of drug-likeness (QED) is 0.817. The molecule has 122 valence electrons. The van der Waals surface area contributed by atoms with Gasteiger partial charge in [0.05, 0.1) is 6.26 Å². The number of aromatic nitrogens is 1. The maximum atomic E-state index is 11.8. The third kappa shape index (κ3) is 5.27. The Labute approximate surface area is 131 Å². The minimum atomic E-state index is -3.19. The minimum Gasteiger partial charge on any atom is -0.338 e. The average Bonchev–Trinajstić information content (AvgIpc) is 2.48. The molecular weight excluding hydrogens is 304 g/mol. The van der Waals surface area contributed by atoms with E-state index >= 15 is 0 Å². The van der Waals surface area contributed by atoms with E-state index in [4.69, 9.17) is 0 Å². The molecule has 0 aromatic carbocycles. The summed E-state index contributed by atoms with van der Waals surface area (Å²) in [4.78, 5) is 16.0. The van der Waals surface area contributed by atoms with Crippen LogP contribution >= 0.6 is 0 Å². The van der Waals surface area contributed by atoms with E-state index in [1.807, 2.05) is 18.2 Å². The average molecular weight is 326 g/mol. The zero-order valence-corrected chi connectivity index (χ0v) is 13.5. The van der Waals surface area contributed by atoms with Crippen molar-refractivity contribution in [2.45, 2.75) is 25.3 Å². The first-order valence-corrected chi connectivity index (χ1v) is 9.19. The van der Waals surface area contributed by atoms with Crippen LogP contribution in [-0.2, 0) is 16.4 Å². The molecule has 0 aliphatic carbocycles. The molecule has 1 unspecified atom stereocenters. The van der Waals surface area contributed by atoms with Crippen LogP contribution in [0, 0.1) is 0 Å². The minimum absolute atomic E-state index is 0.140. The molecular formula is C14H22N4O3S. The molecule has 8 heteroatoms. The van der Waals surface area contributed by atoms with Crippen LogP contribution < -0.4 is 10.6 Å². The van der Waals surface area contributed by atoms with Crippen molar-refractivity contribution in [2.24, 2.45) is 0 Å². The zero-order valence-electron chi connectivity index (χ0n) is 12.7. The summed E-state index contributed by atoms with van der Waals surface area (Å²) in [7, 11) is -3.19. The van der Waals surface area contributed by atoms with E-state index in [-0.39, 0.29) is 12.1 Å². The summed E-state index contributed by atoms with van der Waals surface area (Å²) in [5.74, 6) is 0. The number of nitrogens with one attached hydrogen (secondary N) is 2. The lowest BCUT2D eigenvalue weighted by molar-refractivity contribution is 0.226. The summed E-state index contributed by atoms with van der Waals surface area (Å²) in [6.45, 7) is 1.36. The van der Waals surface area contributed by atoms with Crippen molar-refractivity contribution >= 4 is 16.1 Å². The molecule has 7 nitrogen and oxygen atoms in total. The van der Waals surface area contributed by atoms with Crippen molar-refractivity contribution in [1.29, 1.82) is 0 Å². The summed E-state index contributed by atoms with van der Waals surface area (Å²) in [6, 6.07) is 5.25. The van der Waals surface area contributed by atoms with Crippen molar-refractivity contribution in [1.82, 2.24) is 19.9 Å². The topological polar surface area (TPSA) is 91.4 Å². The number of pyridine rings is 1. The van der Waals surface area contributed by atoms with Crippen LogP contribution in [0.4, 0.5) is 4.79 Å². The van der Waals surface area contributed by atoms with Gasteiger partial charge in [-0.2, -0.15) is 0 Å². The van der Waals surface area contributed by atoms with Crippen molar-refractivity contribution in [2.75, 3.05) is 25.9 Å². The molecule has 2 heterocycles. The van der Waals surface area contributed by atoms with Crippen LogP contribution in [0.5, 0.6) is 0 Å². The van der Waals surface area contributed by atoms with Crippen molar-refractivity contribution < 1.29 is 13.2 Å². The number of sulfonamides is 1. The van der Waals surface area contributed by atoms with Crippen molar-refractivity contribution in [3.8, 4) is 0 Å². The molecule has 1 aromatic heterocycles. The molecule has 22 heavy (non-hydrogen) atoms. The molecule has 1 fully saturated rings. The highest BCUT2D eigenvalue weighted by atomic mass is 32.2. The second-order valence-corrected chi connectivity index (χ2v) is 7.41. The number of urea groups is 1. The highest BCUT2D eigenvalue weighted by Gasteiger charge is 2.26. The van der Waals surface area contributed by atoms with Gasteiger partial charge in [0.15, 0.2) is 0 Å². The van der Waals surface area contributed by atoms with Crippen molar-refractivity contribution in [3.63, 3.8) is 0 Å². The van der Waals surface area contributed by atoms with E-state index in [0.717, 1.165) is 18.5 Å². The second kappa shape index (κ2) is 7.55. The number of hydrogen-bond acceptors (Lipinski definition) is 4. The van der Waals surface area contributed by atoms with E-state index < -0.39 is 10.0 Å². The van der Waals surface area contributed by atoms with Gasteiger partial charge in [-0.3, -0.25) is 4.98 Å². The molecule has 1 saturated heterocycles. The molecule has 1 aromatic rings. The van der Waals surface area contributed by atoms with E-state index in [9.17, 15) is 13.2 Å². The van der Waals surface area contributed by atoms with Gasteiger partial charge in [0.1, 0.15) is 0 Å². The Balaban J connectivity index is 1.72. The number of carbonyl (C=O) groups is 1. The SMILES string of the molecule is CS(=O)(=O)N1CCCC(NC(=O)NCCc2ccccn2)C1. The number of hydrogen-bond donors (Lipinski definition) is 2. The number of rotatable bonds is 5. The van der Waals surface area contributed by atoms with Gasteiger partial charge in [-0.1, -0.05) is 6.07 Å². The van der Waals surface area contributed by atoms with Crippen LogP contribution in [0.15, 0.2) is 24.4 Å². The molecule has 1 aliphatic heterocycles. The third-order valence-corrected chi connectivity index (χ3v) is 4.85. The fourth-order valence-corrected chi connectivity index (χ4v) is 3.36. The van der Waals surface area contributed by atoms with Gasteiger partial charge in [0.25, 0.3) is 0 Å². The van der Waals surface area contributed by atoms with E-state index in [1.165, 1.54) is 10.6 Å². The maximum Gasteiger partial charge on any atom is 0.315 e. The Hall–Kier alpha value is -1.67. The summed E-state index contributed by atoms with van der Waals surface area (Å²) in [6.07, 6.45) is 5.12. The van der Waals surface area contributed by atoms with Gasteiger partial charge in [-0.05, 0) is 25.0 Å². The number of amides is 2. The number of nitrogens with zero attached hydrogens (tertiary/aromatic N) is 2. The van der Waals surface area contributed by atoms with Gasteiger partial charge in [-0.15, -0.1) is 0 Å². The lowest BCUT2D eigenvalue weighted by Crippen LogP contribution is -2.51. The first-order valence-electron chi connectivity index (χ1n) is 7.34. The Morgan fingerprint density at radius 2 is 2.27 bits per heavy atom. The first-order chi connectivity index (χ1) is 10.4. The van der Waals surface area contributed by atoms with Crippen LogP contribution in [0.25, 0.3) is 0 Å². The molecule has 0 radical (unpaired) electrons. The Bertz CT molecular complexity index is 591. The summed E-state index contributed by atoms with van der Waals surface area (Å²) >= 11 is 0. The first kappa shape index (κ1) is 16.7. The fourth-order valence-electron chi connectivity index (χ4n) is 2.45. The summed E-state index contributed by atoms with van der Waals surface area (Å²) < 4.78 is 24.5. The Kier molecular flexibility index (Phi) is 5.73. The highest BCUT2D eigenvalue weighted by Crippen LogP contribution is 2.12. The molecule has 0 saturated carbocycles. The largest absolute Gasteiger partial charge is 0.338 e. The third-order valence-electron chi connectivity index (χ3n) is 3.58. The molecule has 2 N–H and O–H groups in total. The van der Waals surface area contributed by atoms with Crippen LogP contribution in [-0.4, -0.2) is 55.7 Å². The van der Waals surface area contributed by atoms with Crippen LogP contribution in [0.1, 0.15) is 18.5 Å². The Morgan fingerprint density at radius 3 is 2.95 bits per heavy atom. The van der Waals surface area contributed by atoms with E-state index in [0.29, 0.717) is 26.1 Å². The highest BCUT2D eigenvalue weighted by molar-refractivity contribution is 7.88. The normalized spacial score (nSPS) is 19.6. The fraction of sp³-hybridized carbons (Fsp3) is 0.571. The molecule has 2 rings (SSSR count). The van der Waals surface area contributed by atoms with E-state index in [2.05, 4.69) is 15.6 Å². The predicted octanol–water partition coefficient (Wildman–Crippen LogP) is 0.347. The maximum absolute atomic E-state index is 11.8. The van der Waals surface area contributed by atoms with E-state index in [1.54, 1.807) is 6.20 Å². The van der Waals surface area contributed by atoms with Crippen molar-refractivity contribution in [3.05, 3.63) is 30.1 Å². The zero-order chi connectivity index (χ0) is 16.0. The molecule has 1 atom stereocenters. The monoisotopic (exact) mass is 326 g/mol. The van der Waals surface area contributed by atoms with Gasteiger partial charge < -0.3 is 10.6 Å². The van der Waals surface area contributed by atoms with Gasteiger partial charge in [0, 0.05) is 44.0 Å². The lowest BCUT2D eigenvalue weighted by Gasteiger charge is -2.31. The standard InChI is InChI=1S/C14H22N4O3S/c1-22(20,21)18-10-4-6-13(11-18)17-14(19)16-9-7-12-5-2-3-8-15-12/h2-3,5,8,13H,4,6-7,9-11H2,1H3,(H2,16,17,19). The lowest BCUT2D eigenvalue weighted by atomic mass is 10.1. The molecule has 2 amide bonds. The summed E-state index contributed by atoms with van der Waals surface area (Å²) in [5, 5.41) is 5.60. The Morgan fingerprint density at radius 1 is 1.45 bits per heavy atom. The number of piperidine rings is 1. The molecule has 1 aliphatic rings. The smallest absolute Gasteiger partial charge is 0.315 e. The van der Waals surface area contributed by atoms with Crippen LogP contribution in [0.3, 0.4) is 0 Å². The molecule has 0 spiro atoms. The number of carbonyl (C=O) groups excluding carboxylic acids is 1. The molecule has 0 bridgehead atoms. The summed E-state index contributed by atoms with van der Waals surface area (Å²) in [5.41, 5.74) is 0.920. The van der Waals surface area contributed by atoms with Gasteiger partial charge in [-0.25, -0.2) is 17.5 Å². The van der Waals surface area contributed by atoms with Crippen LogP contribution in [0.2, 0.25) is 0 Å². The predicted molar refractivity (Wildman–Crippen MR) is 83.9 cm³/mol. The second-order valence-electron chi connectivity index (χ2n) is 5.43.